The minimum atomic E-state index is -4.51. The molecule has 3 N–H and O–H groups in total. The topological polar surface area (TPSA) is 89.2 Å². The van der Waals surface area contributed by atoms with E-state index in [1.165, 1.54) is 12.1 Å². The van der Waals surface area contributed by atoms with Gasteiger partial charge in [0.2, 0.25) is 0 Å². The number of nitrogens with one attached hydrogen (secondary N) is 3. The molecule has 4 heterocycles. The van der Waals surface area contributed by atoms with Crippen LogP contribution >= 0.6 is 0 Å². The van der Waals surface area contributed by atoms with Crippen molar-refractivity contribution in [2.24, 2.45) is 0 Å². The SMILES string of the molecule is CN1CCN(Cc2ccc(C(=O)Nc3cccc(C(F)(F)F)c3)cc2Nc2cc(-c3cccnc3)nc3[nH]ccc23)CC1. The lowest BCUT2D eigenvalue weighted by Crippen LogP contribution is -2.43. The fraction of sp³-hybridized carbons (Fsp3) is 0.219. The minimum Gasteiger partial charge on any atom is -0.355 e. The second kappa shape index (κ2) is 11.9. The van der Waals surface area contributed by atoms with Gasteiger partial charge in [0.1, 0.15) is 5.65 Å². The summed E-state index contributed by atoms with van der Waals surface area (Å²) in [4.78, 5) is 30.1. The number of hydrogen-bond donors (Lipinski definition) is 3. The number of carbonyl (C=O) groups excluding carboxylic acids is 1. The van der Waals surface area contributed by atoms with Crippen molar-refractivity contribution in [2.75, 3.05) is 43.9 Å². The molecule has 1 amide bonds. The highest BCUT2D eigenvalue weighted by atomic mass is 19.4. The van der Waals surface area contributed by atoms with E-state index in [1.807, 2.05) is 36.5 Å². The van der Waals surface area contributed by atoms with Gasteiger partial charge in [-0.3, -0.25) is 14.7 Å². The Labute approximate surface area is 246 Å². The average Bonchev–Trinajstić information content (AvgIpc) is 3.48. The lowest BCUT2D eigenvalue weighted by Gasteiger charge is -2.32. The molecule has 0 atom stereocenters. The van der Waals surface area contributed by atoms with Crippen molar-refractivity contribution >= 4 is 34.0 Å². The highest BCUT2D eigenvalue weighted by Crippen LogP contribution is 2.33. The second-order valence-electron chi connectivity index (χ2n) is 10.6. The predicted octanol–water partition coefficient (Wildman–Crippen LogP) is 6.39. The van der Waals surface area contributed by atoms with E-state index in [-0.39, 0.29) is 5.69 Å². The van der Waals surface area contributed by atoms with Gasteiger partial charge in [0.15, 0.2) is 0 Å². The summed E-state index contributed by atoms with van der Waals surface area (Å²) < 4.78 is 39.7. The van der Waals surface area contributed by atoms with E-state index in [9.17, 15) is 18.0 Å². The third-order valence-electron chi connectivity index (χ3n) is 7.56. The number of anilines is 3. The van der Waals surface area contributed by atoms with Gasteiger partial charge >= 0.3 is 6.18 Å². The first-order valence-corrected chi connectivity index (χ1v) is 13.9. The molecule has 6 rings (SSSR count). The molecular weight excluding hydrogens is 555 g/mol. The molecule has 0 spiro atoms. The van der Waals surface area contributed by atoms with Gasteiger partial charge in [0.25, 0.3) is 5.91 Å². The lowest BCUT2D eigenvalue weighted by atomic mass is 10.1. The number of pyridine rings is 2. The number of aromatic nitrogens is 3. The Morgan fingerprint density at radius 1 is 0.977 bits per heavy atom. The third-order valence-corrected chi connectivity index (χ3v) is 7.56. The molecule has 0 radical (unpaired) electrons. The van der Waals surface area contributed by atoms with Gasteiger partial charge in [-0.15, -0.1) is 0 Å². The summed E-state index contributed by atoms with van der Waals surface area (Å²) in [7, 11) is 2.10. The lowest BCUT2D eigenvalue weighted by molar-refractivity contribution is -0.137. The van der Waals surface area contributed by atoms with Crippen LogP contribution in [0.1, 0.15) is 21.5 Å². The molecule has 2 aromatic carbocycles. The van der Waals surface area contributed by atoms with E-state index in [1.54, 1.807) is 24.5 Å². The minimum absolute atomic E-state index is 0.0696. The molecule has 43 heavy (non-hydrogen) atoms. The first-order valence-electron chi connectivity index (χ1n) is 13.9. The van der Waals surface area contributed by atoms with Crippen molar-refractivity contribution in [2.45, 2.75) is 12.7 Å². The Morgan fingerprint density at radius 2 is 1.81 bits per heavy atom. The number of hydrogen-bond acceptors (Lipinski definition) is 6. The molecule has 1 fully saturated rings. The van der Waals surface area contributed by atoms with Gasteiger partial charge < -0.3 is 20.5 Å². The zero-order valence-electron chi connectivity index (χ0n) is 23.4. The number of alkyl halides is 3. The first kappa shape index (κ1) is 28.4. The number of benzene rings is 2. The van der Waals surface area contributed by atoms with E-state index in [2.05, 4.69) is 37.4 Å². The first-order chi connectivity index (χ1) is 20.7. The van der Waals surface area contributed by atoms with E-state index < -0.39 is 17.6 Å². The van der Waals surface area contributed by atoms with Crippen LogP contribution in [0, 0.1) is 0 Å². The number of carbonyl (C=O) groups is 1. The zero-order chi connectivity index (χ0) is 30.0. The summed E-state index contributed by atoms with van der Waals surface area (Å²) in [5, 5.41) is 7.04. The fourth-order valence-corrected chi connectivity index (χ4v) is 5.14. The molecule has 1 saturated heterocycles. The Bertz CT molecular complexity index is 1750. The van der Waals surface area contributed by atoms with Crippen LogP contribution < -0.4 is 10.6 Å². The van der Waals surface area contributed by atoms with E-state index >= 15 is 0 Å². The van der Waals surface area contributed by atoms with Crippen molar-refractivity contribution < 1.29 is 18.0 Å². The van der Waals surface area contributed by atoms with Crippen molar-refractivity contribution in [1.82, 2.24) is 24.8 Å². The quantitative estimate of drug-likeness (QED) is 0.205. The molecule has 220 valence electrons. The number of likely N-dealkylation sites (N-methyl/N-ethyl adjacent to an activating group) is 1. The number of fused-ring (bicyclic) bond motifs is 1. The fourth-order valence-electron chi connectivity index (χ4n) is 5.14. The van der Waals surface area contributed by atoms with Crippen molar-refractivity contribution in [3.05, 3.63) is 102 Å². The molecule has 0 saturated carbocycles. The third kappa shape index (κ3) is 6.52. The molecule has 0 unspecified atom stereocenters. The normalized spacial score (nSPS) is 14.6. The Morgan fingerprint density at radius 3 is 2.58 bits per heavy atom. The van der Waals surface area contributed by atoms with Crippen LogP contribution in [0.2, 0.25) is 0 Å². The molecule has 8 nitrogen and oxygen atoms in total. The molecule has 0 aliphatic carbocycles. The molecule has 5 aromatic rings. The van der Waals surface area contributed by atoms with Crippen molar-refractivity contribution in [3.63, 3.8) is 0 Å². The maximum absolute atomic E-state index is 13.3. The molecule has 11 heteroatoms. The van der Waals surface area contributed by atoms with Crippen LogP contribution in [-0.4, -0.2) is 63.9 Å². The maximum atomic E-state index is 13.3. The van der Waals surface area contributed by atoms with Crippen LogP contribution in [-0.2, 0) is 12.7 Å². The summed E-state index contributed by atoms with van der Waals surface area (Å²) in [5.41, 5.74) is 4.34. The summed E-state index contributed by atoms with van der Waals surface area (Å²) >= 11 is 0. The summed E-state index contributed by atoms with van der Waals surface area (Å²) in [6.45, 7) is 4.42. The van der Waals surface area contributed by atoms with E-state index in [0.29, 0.717) is 17.8 Å². The smallest absolute Gasteiger partial charge is 0.355 e. The van der Waals surface area contributed by atoms with Crippen LogP contribution in [0.15, 0.2) is 85.3 Å². The van der Waals surface area contributed by atoms with E-state index in [4.69, 9.17) is 4.98 Å². The van der Waals surface area contributed by atoms with Gasteiger partial charge in [-0.2, -0.15) is 13.2 Å². The number of H-pyrrole nitrogens is 1. The Hall–Kier alpha value is -4.74. The van der Waals surface area contributed by atoms with Crippen LogP contribution in [0.5, 0.6) is 0 Å². The van der Waals surface area contributed by atoms with Gasteiger partial charge in [-0.25, -0.2) is 4.98 Å². The van der Waals surface area contributed by atoms with E-state index in [0.717, 1.165) is 71.9 Å². The van der Waals surface area contributed by atoms with Gasteiger partial charge in [0, 0.05) is 79.2 Å². The summed E-state index contributed by atoms with van der Waals surface area (Å²) in [5.74, 6) is -0.508. The van der Waals surface area contributed by atoms with Crippen LogP contribution in [0.4, 0.5) is 30.2 Å². The number of halogens is 3. The zero-order valence-corrected chi connectivity index (χ0v) is 23.4. The van der Waals surface area contributed by atoms with Crippen molar-refractivity contribution in [3.8, 4) is 11.3 Å². The predicted molar refractivity (Wildman–Crippen MR) is 161 cm³/mol. The van der Waals surface area contributed by atoms with Crippen LogP contribution in [0.25, 0.3) is 22.3 Å². The number of aromatic amines is 1. The largest absolute Gasteiger partial charge is 0.416 e. The van der Waals surface area contributed by atoms with Gasteiger partial charge in [-0.05, 0) is 67.2 Å². The average molecular weight is 586 g/mol. The van der Waals surface area contributed by atoms with Gasteiger partial charge in [0.05, 0.1) is 16.9 Å². The van der Waals surface area contributed by atoms with Gasteiger partial charge in [-0.1, -0.05) is 12.1 Å². The second-order valence-corrected chi connectivity index (χ2v) is 10.6. The Balaban J connectivity index is 1.35. The molecule has 1 aliphatic heterocycles. The molecule has 0 bridgehead atoms. The number of nitrogens with zero attached hydrogens (tertiary/aromatic N) is 4. The Kier molecular flexibility index (Phi) is 7.83. The number of rotatable bonds is 7. The number of amides is 1. The molecule has 1 aliphatic rings. The highest BCUT2D eigenvalue weighted by molar-refractivity contribution is 6.05. The highest BCUT2D eigenvalue weighted by Gasteiger charge is 2.30. The van der Waals surface area contributed by atoms with Crippen LogP contribution in [0.3, 0.4) is 0 Å². The monoisotopic (exact) mass is 585 g/mol. The molecule has 3 aromatic heterocycles. The standard InChI is InChI=1S/C32H30F3N7O/c1-41-12-14-42(15-13-41)20-23-8-7-21(31(43)38-25-6-2-5-24(17-25)32(33,34)35)16-27(23)39-29-18-28(22-4-3-10-36-19-22)40-30-26(29)9-11-37-30/h2-11,16-19H,12-15,20H2,1H3,(H,38,43)(H2,37,39,40). The molecular formula is C32H30F3N7O. The van der Waals surface area contributed by atoms with Crippen molar-refractivity contribution in [1.29, 1.82) is 0 Å². The maximum Gasteiger partial charge on any atom is 0.416 e. The summed E-state index contributed by atoms with van der Waals surface area (Å²) in [6, 6.07) is 17.6. The number of piperazine rings is 1. The summed E-state index contributed by atoms with van der Waals surface area (Å²) in [6.07, 6.45) is 0.764.